The average Bonchev–Trinajstić information content (AvgIpc) is 2.78. The molecule has 0 saturated heterocycles. The molecule has 0 fully saturated rings. The molecule has 0 N–H and O–H groups in total. The second kappa shape index (κ2) is 12.3. The van der Waals surface area contributed by atoms with Crippen molar-refractivity contribution in [3.63, 3.8) is 0 Å². The Labute approximate surface area is 202 Å². The van der Waals surface area contributed by atoms with Crippen LogP contribution < -0.4 is 23.4 Å². The first-order valence-corrected chi connectivity index (χ1v) is 10.7. The molecule has 0 bridgehead atoms. The Balaban J connectivity index is 2.36. The van der Waals surface area contributed by atoms with Gasteiger partial charge in [0.25, 0.3) is 5.91 Å². The lowest BCUT2D eigenvalue weighted by Crippen LogP contribution is -2.36. The highest BCUT2D eigenvalue weighted by molar-refractivity contribution is 6.39. The predicted molar refractivity (Wildman–Crippen MR) is 126 cm³/mol. The number of nitrogens with zero attached hydrogens (tertiary/aromatic N) is 3. The van der Waals surface area contributed by atoms with E-state index in [2.05, 4.69) is 10.2 Å². The summed E-state index contributed by atoms with van der Waals surface area (Å²) in [7, 11) is 2.89. The predicted octanol–water partition coefficient (Wildman–Crippen LogP) is 5.38. The number of hydrogen-bond acceptors (Lipinski definition) is 8. The number of anilines is 1. The zero-order valence-corrected chi connectivity index (χ0v) is 20.4. The highest BCUT2D eigenvalue weighted by atomic mass is 35.5. The first-order valence-electron chi connectivity index (χ1n) is 9.99. The smallest absolute Gasteiger partial charge is 0.276 e. The molecule has 0 aliphatic rings. The molecule has 0 aliphatic heterocycles. The third-order valence-electron chi connectivity index (χ3n) is 4.27. The zero-order chi connectivity index (χ0) is 24.5. The lowest BCUT2D eigenvalue weighted by molar-refractivity contribution is -0.126. The molecule has 0 radical (unpaired) electrons. The molecule has 33 heavy (non-hydrogen) atoms. The molecule has 2 aromatic rings. The fourth-order valence-electron chi connectivity index (χ4n) is 2.80. The number of hydrogen-bond donors (Lipinski definition) is 0. The minimum Gasteiger partial charge on any atom is -0.494 e. The second-order valence-corrected chi connectivity index (χ2v) is 7.25. The Morgan fingerprint density at radius 1 is 1.03 bits per heavy atom. The van der Waals surface area contributed by atoms with E-state index in [1.54, 1.807) is 25.1 Å². The van der Waals surface area contributed by atoms with Gasteiger partial charge in [-0.05, 0) is 39.0 Å². The van der Waals surface area contributed by atoms with Crippen LogP contribution >= 0.6 is 23.4 Å². The van der Waals surface area contributed by atoms with Gasteiger partial charge in [-0.2, -0.15) is 10.2 Å². The van der Waals surface area contributed by atoms with Gasteiger partial charge in [0.15, 0.2) is 17.3 Å². The number of halogens is 2. The van der Waals surface area contributed by atoms with Gasteiger partial charge in [0.05, 0.1) is 38.1 Å². The van der Waals surface area contributed by atoms with Crippen LogP contribution in [0.3, 0.4) is 0 Å². The van der Waals surface area contributed by atoms with Gasteiger partial charge in [0.2, 0.25) is 6.04 Å². The third-order valence-corrected chi connectivity index (χ3v) is 4.90. The van der Waals surface area contributed by atoms with Crippen LogP contribution in [0.2, 0.25) is 5.02 Å². The van der Waals surface area contributed by atoms with Gasteiger partial charge >= 0.3 is 0 Å². The molecule has 1 amide bonds. The number of carbonyl (C=O) groups is 2. The summed E-state index contributed by atoms with van der Waals surface area (Å²) < 4.78 is 22.2. The minimum absolute atomic E-state index is 0.228. The van der Waals surface area contributed by atoms with Crippen molar-refractivity contribution in [3.8, 4) is 23.0 Å². The molecule has 0 aliphatic carbocycles. The monoisotopic (exact) mass is 497 g/mol. The molecule has 2 rings (SSSR count). The van der Waals surface area contributed by atoms with E-state index >= 15 is 0 Å². The summed E-state index contributed by atoms with van der Waals surface area (Å²) in [6.07, 6.45) is 0. The Morgan fingerprint density at radius 3 is 2.30 bits per heavy atom. The quantitative estimate of drug-likeness (QED) is 0.234. The molecule has 0 spiro atoms. The molecule has 0 aromatic heterocycles. The number of carbonyl (C=O) groups excluding carboxylic acids is 2. The van der Waals surface area contributed by atoms with Crippen LogP contribution in [0.1, 0.15) is 20.8 Å². The largest absolute Gasteiger partial charge is 0.494 e. The number of rotatable bonds is 11. The zero-order valence-electron chi connectivity index (χ0n) is 18.9. The molecule has 178 valence electrons. The number of ether oxygens (including phenoxy) is 4. The normalized spacial score (nSPS) is 11.7. The van der Waals surface area contributed by atoms with Crippen molar-refractivity contribution in [2.45, 2.75) is 26.8 Å². The second-order valence-electron chi connectivity index (χ2n) is 6.51. The lowest BCUT2D eigenvalue weighted by atomic mass is 10.2. The summed E-state index contributed by atoms with van der Waals surface area (Å²) in [6, 6.07) is 6.29. The van der Waals surface area contributed by atoms with Crippen LogP contribution in [0.5, 0.6) is 23.0 Å². The van der Waals surface area contributed by atoms with E-state index in [-0.39, 0.29) is 16.4 Å². The Bertz CT molecular complexity index is 1030. The van der Waals surface area contributed by atoms with Crippen molar-refractivity contribution in [2.24, 2.45) is 10.2 Å². The van der Waals surface area contributed by atoms with Crippen LogP contribution in [-0.2, 0) is 9.59 Å². The van der Waals surface area contributed by atoms with E-state index in [4.69, 9.17) is 42.3 Å². The van der Waals surface area contributed by atoms with E-state index in [1.165, 1.54) is 33.3 Å². The van der Waals surface area contributed by atoms with Crippen LogP contribution in [-0.4, -0.2) is 45.2 Å². The lowest BCUT2D eigenvalue weighted by Gasteiger charge is -2.20. The number of azo groups is 1. The fraction of sp³-hybridized carbons (Fsp3) is 0.364. The summed E-state index contributed by atoms with van der Waals surface area (Å²) in [5, 5.41) is 8.14. The Morgan fingerprint density at radius 2 is 1.73 bits per heavy atom. The SMILES string of the molecule is CCOc1ccc(N(Cl)C(=O)C(N=Nc2cc(Cl)c(OC)c(OC)c2)C(C)=O)c(OCC)c1. The van der Waals surface area contributed by atoms with Gasteiger partial charge in [-0.1, -0.05) is 11.6 Å². The van der Waals surface area contributed by atoms with Gasteiger partial charge < -0.3 is 18.9 Å². The standard InChI is InChI=1S/C22H25Cl2N3O6/c1-6-32-15-8-9-17(18(12-15)33-7-2)27(24)22(29)20(13(3)28)26-25-14-10-16(23)21(31-5)19(11-14)30-4/h8-12,20H,6-7H2,1-5H3. The van der Waals surface area contributed by atoms with Crippen LogP contribution in [0.4, 0.5) is 11.4 Å². The van der Waals surface area contributed by atoms with E-state index in [9.17, 15) is 9.59 Å². The summed E-state index contributed by atoms with van der Waals surface area (Å²) in [5.41, 5.74) is 0.497. The van der Waals surface area contributed by atoms with Crippen molar-refractivity contribution in [2.75, 3.05) is 31.9 Å². The van der Waals surface area contributed by atoms with E-state index in [0.717, 1.165) is 4.42 Å². The Kier molecular flexibility index (Phi) is 9.74. The summed E-state index contributed by atoms with van der Waals surface area (Å²) in [6.45, 7) is 5.65. The number of methoxy groups -OCH3 is 2. The summed E-state index contributed by atoms with van der Waals surface area (Å²) in [5.74, 6) is 0.158. The van der Waals surface area contributed by atoms with E-state index < -0.39 is 17.7 Å². The van der Waals surface area contributed by atoms with Gasteiger partial charge in [-0.3, -0.25) is 9.59 Å². The summed E-state index contributed by atoms with van der Waals surface area (Å²) in [4.78, 5) is 25.2. The molecular weight excluding hydrogens is 473 g/mol. The number of ketones is 1. The highest BCUT2D eigenvalue weighted by Crippen LogP contribution is 2.39. The molecule has 2 aromatic carbocycles. The van der Waals surface area contributed by atoms with Crippen LogP contribution in [0, 0.1) is 0 Å². The van der Waals surface area contributed by atoms with Crippen molar-refractivity contribution in [1.29, 1.82) is 0 Å². The Hall–Kier alpha value is -3.04. The van der Waals surface area contributed by atoms with Crippen LogP contribution in [0.25, 0.3) is 0 Å². The molecule has 0 saturated carbocycles. The molecule has 9 nitrogen and oxygen atoms in total. The molecular formula is C22H25Cl2N3O6. The first-order chi connectivity index (χ1) is 15.8. The van der Waals surface area contributed by atoms with Crippen LogP contribution in [0.15, 0.2) is 40.6 Å². The van der Waals surface area contributed by atoms with E-state index in [0.29, 0.717) is 36.2 Å². The maximum atomic E-state index is 13.0. The van der Waals surface area contributed by atoms with Crippen molar-refractivity contribution in [3.05, 3.63) is 35.4 Å². The molecule has 11 heteroatoms. The van der Waals surface area contributed by atoms with Gasteiger partial charge in [-0.15, -0.1) is 0 Å². The van der Waals surface area contributed by atoms with Gasteiger partial charge in [0.1, 0.15) is 17.2 Å². The number of amides is 1. The molecule has 1 atom stereocenters. The number of benzene rings is 2. The maximum Gasteiger partial charge on any atom is 0.276 e. The van der Waals surface area contributed by atoms with Gasteiger partial charge in [-0.25, -0.2) is 4.42 Å². The first kappa shape index (κ1) is 26.2. The average molecular weight is 498 g/mol. The molecule has 0 heterocycles. The summed E-state index contributed by atoms with van der Waals surface area (Å²) >= 11 is 12.5. The minimum atomic E-state index is -1.49. The maximum absolute atomic E-state index is 13.0. The number of Topliss-reactive ketones (excluding diaryl/α,β-unsaturated/α-hetero) is 1. The fourth-order valence-corrected chi connectivity index (χ4v) is 3.32. The highest BCUT2D eigenvalue weighted by Gasteiger charge is 2.30. The van der Waals surface area contributed by atoms with E-state index in [1.807, 2.05) is 6.92 Å². The van der Waals surface area contributed by atoms with Crippen molar-refractivity contribution < 1.29 is 28.5 Å². The van der Waals surface area contributed by atoms with Crippen molar-refractivity contribution >= 4 is 46.4 Å². The topological polar surface area (TPSA) is 99.0 Å². The molecule has 1 unspecified atom stereocenters. The van der Waals surface area contributed by atoms with Gasteiger partial charge in [0, 0.05) is 23.9 Å². The van der Waals surface area contributed by atoms with Crippen molar-refractivity contribution in [1.82, 2.24) is 0 Å². The third kappa shape index (κ3) is 6.49.